The van der Waals surface area contributed by atoms with Crippen molar-refractivity contribution in [2.75, 3.05) is 43.6 Å². The summed E-state index contributed by atoms with van der Waals surface area (Å²) in [5.74, 6) is 1.14. The van der Waals surface area contributed by atoms with Crippen LogP contribution in [-0.2, 0) is 37.7 Å². The Morgan fingerprint density at radius 1 is 0.670 bits per heavy atom. The molecular weight excluding hydrogens is 1200 g/mol. The van der Waals surface area contributed by atoms with Gasteiger partial charge in [-0.3, -0.25) is 9.59 Å². The molecule has 12 rings (SSSR count). The van der Waals surface area contributed by atoms with E-state index in [2.05, 4.69) is 41.4 Å². The molecule has 3 fully saturated rings. The van der Waals surface area contributed by atoms with Gasteiger partial charge in [0, 0.05) is 41.4 Å². The Hall–Kier alpha value is -8.20. The minimum Gasteiger partial charge on any atom is -0.496 e. The number of morpholine rings is 1. The van der Waals surface area contributed by atoms with Crippen molar-refractivity contribution in [1.82, 2.24) is 0 Å². The number of anilines is 2. The van der Waals surface area contributed by atoms with Crippen LogP contribution >= 0.6 is 0 Å². The highest BCUT2D eigenvalue weighted by Crippen LogP contribution is 2.59. The van der Waals surface area contributed by atoms with Crippen molar-refractivity contribution in [1.29, 1.82) is 0 Å². The van der Waals surface area contributed by atoms with Crippen LogP contribution in [0.15, 0.2) is 152 Å². The largest absolute Gasteiger partial charge is 0.496 e. The Labute approximate surface area is 547 Å². The number of hydrogen-bond acceptors (Lipinski definition) is 7. The lowest BCUT2D eigenvalue weighted by Gasteiger charge is -2.31. The second kappa shape index (κ2) is 26.9. The molecule has 2 saturated carbocycles. The number of esters is 1. The molecule has 2 N–H and O–H groups in total. The second-order valence-electron chi connectivity index (χ2n) is 26.9. The van der Waals surface area contributed by atoms with E-state index in [1.807, 2.05) is 80.6 Å². The first-order chi connectivity index (χ1) is 45.0. The number of fused-ring (bicyclic) bond motifs is 5. The highest BCUT2D eigenvalue weighted by atomic mass is 19.4. The van der Waals surface area contributed by atoms with Gasteiger partial charge in [-0.1, -0.05) is 137 Å². The molecule has 14 heteroatoms. The lowest BCUT2D eigenvalue weighted by atomic mass is 9.75. The number of halogens is 6. The molecule has 490 valence electrons. The molecule has 1 amide bonds. The quantitative estimate of drug-likeness (QED) is 0.0406. The Balaban J connectivity index is 0.789. The molecule has 0 spiro atoms. The molecule has 1 saturated heterocycles. The molecule has 1 unspecified atom stereocenters. The monoisotopic (exact) mass is 1280 g/mol. The number of carbonyl (C=O) groups is 2. The van der Waals surface area contributed by atoms with E-state index in [0.717, 1.165) is 28.8 Å². The number of methoxy groups -OCH3 is 1. The number of aliphatic hydroxyl groups is 1. The van der Waals surface area contributed by atoms with Crippen LogP contribution in [0.1, 0.15) is 159 Å². The number of aryl methyl sites for hydroxylation is 2. The van der Waals surface area contributed by atoms with Gasteiger partial charge in [0.2, 0.25) is 5.91 Å². The lowest BCUT2D eigenvalue weighted by Crippen LogP contribution is -2.36. The van der Waals surface area contributed by atoms with E-state index in [4.69, 9.17) is 14.2 Å². The molecule has 3 aliphatic carbocycles. The van der Waals surface area contributed by atoms with Gasteiger partial charge in [-0.15, -0.1) is 0 Å². The summed E-state index contributed by atoms with van der Waals surface area (Å²) in [6, 6.07) is 43.1. The van der Waals surface area contributed by atoms with Crippen LogP contribution in [0, 0.1) is 31.6 Å². The van der Waals surface area contributed by atoms with Crippen molar-refractivity contribution in [3.63, 3.8) is 0 Å². The van der Waals surface area contributed by atoms with E-state index in [9.17, 15) is 27.9 Å². The summed E-state index contributed by atoms with van der Waals surface area (Å²) in [5, 5.41) is 17.0. The number of carbonyl (C=O) groups excluding carboxylic acids is 2. The SMILES string of the molecule is CCCCCC1CCC(c2ccc(-c3ccc(OC(=O)C4CCC(C(=O)Nc5ccc(-c6cc7c8c(c(/C=C\C(O)(c9ccccc9)c9ccc(N%10CCOCC%10)cc9)c(C)c7cc6OC)C(C)(C)c6c-8cc(C(F)(F)F)cc6C(F)(F)F)c(C)c5)CC4)cc3)cc2)CC1. The van der Waals surface area contributed by atoms with Gasteiger partial charge >= 0.3 is 18.3 Å². The zero-order valence-electron chi connectivity index (χ0n) is 54.3. The summed E-state index contributed by atoms with van der Waals surface area (Å²) in [6.45, 7) is 11.7. The fourth-order valence-electron chi connectivity index (χ4n) is 15.5. The molecule has 1 aliphatic heterocycles. The third-order valence-corrected chi connectivity index (χ3v) is 20.7. The zero-order chi connectivity index (χ0) is 66.3. The van der Waals surface area contributed by atoms with Crippen LogP contribution in [0.25, 0.3) is 50.2 Å². The number of rotatable bonds is 17. The maximum Gasteiger partial charge on any atom is 0.416 e. The number of nitrogens with zero attached hydrogens (tertiary/aromatic N) is 1. The van der Waals surface area contributed by atoms with E-state index in [-0.39, 0.29) is 46.5 Å². The molecule has 1 atom stereocenters. The summed E-state index contributed by atoms with van der Waals surface area (Å²) < 4.78 is 109. The Kier molecular flexibility index (Phi) is 18.8. The first-order valence-electron chi connectivity index (χ1n) is 33.3. The summed E-state index contributed by atoms with van der Waals surface area (Å²) in [5.41, 5.74) is 2.93. The van der Waals surface area contributed by atoms with Gasteiger partial charge < -0.3 is 29.5 Å². The van der Waals surface area contributed by atoms with Crippen molar-refractivity contribution < 1.29 is 55.2 Å². The van der Waals surface area contributed by atoms with E-state index in [1.165, 1.54) is 64.0 Å². The molecule has 0 aromatic heterocycles. The molecule has 0 radical (unpaired) electrons. The predicted molar refractivity (Wildman–Crippen MR) is 361 cm³/mol. The van der Waals surface area contributed by atoms with Crippen LogP contribution < -0.4 is 19.7 Å². The van der Waals surface area contributed by atoms with E-state index in [0.29, 0.717) is 130 Å². The van der Waals surface area contributed by atoms with Crippen molar-refractivity contribution in [3.8, 4) is 44.9 Å². The van der Waals surface area contributed by atoms with Gasteiger partial charge in [-0.2, -0.15) is 26.3 Å². The smallest absolute Gasteiger partial charge is 0.416 e. The van der Waals surface area contributed by atoms with Crippen molar-refractivity contribution in [2.45, 2.75) is 141 Å². The lowest BCUT2D eigenvalue weighted by molar-refractivity contribution is -0.144. The number of nitrogens with one attached hydrogen (secondary N) is 1. The van der Waals surface area contributed by atoms with E-state index in [1.54, 1.807) is 68.5 Å². The standard InChI is InChI=1S/C80H82F6N2O6/c1-7-8-10-13-51-16-18-52(19-17-51)53-20-22-54(23-21-53)55-28-35-63(36-29-55)94-76(90)57-26-24-56(25-27-57)75(89)87-61-32-37-64(49(2)44-61)67-47-68-66(48-71(67)92-6)50(3)65(74-72(68)69-45-60(79(81,82)83)46-70(80(84,85)86)73(69)77(74,4)5)38-39-78(91,58-14-11-9-12-15-58)59-30-33-62(34-31-59)88-40-42-93-43-41-88/h9,11-12,14-15,20-23,28-39,44-48,51-52,56-57,91H,7-8,10,13,16-19,24-27,40-43H2,1-6H3,(H,87,89)/b39-38-. The first kappa shape index (κ1) is 65.8. The summed E-state index contributed by atoms with van der Waals surface area (Å²) >= 11 is 0. The topological polar surface area (TPSA) is 97.3 Å². The number of hydrogen-bond donors (Lipinski definition) is 2. The number of ether oxygens (including phenoxy) is 3. The molecule has 4 aliphatic rings. The molecule has 1 heterocycles. The summed E-state index contributed by atoms with van der Waals surface area (Å²) in [7, 11) is 1.50. The van der Waals surface area contributed by atoms with Crippen molar-refractivity contribution in [3.05, 3.63) is 207 Å². The summed E-state index contributed by atoms with van der Waals surface area (Å²) in [6.07, 6.45) is 5.42. The Morgan fingerprint density at radius 3 is 1.95 bits per heavy atom. The van der Waals surface area contributed by atoms with Crippen LogP contribution in [-0.4, -0.2) is 50.4 Å². The molecule has 94 heavy (non-hydrogen) atoms. The third kappa shape index (κ3) is 13.3. The number of unbranched alkanes of at least 4 members (excludes halogenated alkanes) is 2. The minimum atomic E-state index is -5.17. The zero-order valence-corrected chi connectivity index (χ0v) is 54.3. The van der Waals surface area contributed by atoms with Crippen molar-refractivity contribution >= 4 is 40.1 Å². The van der Waals surface area contributed by atoms with Gasteiger partial charge in [0.05, 0.1) is 37.4 Å². The normalized spacial score (nSPS) is 19.6. The van der Waals surface area contributed by atoms with Gasteiger partial charge in [-0.05, 0) is 227 Å². The average Bonchev–Trinajstić information content (AvgIpc) is 1.52. The first-order valence-corrected chi connectivity index (χ1v) is 33.3. The molecule has 8 aromatic rings. The van der Waals surface area contributed by atoms with Crippen LogP contribution in [0.4, 0.5) is 37.7 Å². The maximum atomic E-state index is 15.5. The van der Waals surface area contributed by atoms with Crippen LogP contribution in [0.2, 0.25) is 0 Å². The van der Waals surface area contributed by atoms with E-state index < -0.39 is 34.5 Å². The molecule has 8 nitrogen and oxygen atoms in total. The van der Waals surface area contributed by atoms with Gasteiger partial charge in [-0.25, -0.2) is 0 Å². The van der Waals surface area contributed by atoms with E-state index >= 15 is 13.2 Å². The minimum absolute atomic E-state index is 0.187. The molecule has 8 aromatic carbocycles. The van der Waals surface area contributed by atoms with Gasteiger partial charge in [0.25, 0.3) is 0 Å². The highest BCUT2D eigenvalue weighted by molar-refractivity contribution is 6.09. The third-order valence-electron chi connectivity index (χ3n) is 20.7. The second-order valence-corrected chi connectivity index (χ2v) is 26.9. The van der Waals surface area contributed by atoms with Crippen LogP contribution in [0.5, 0.6) is 11.5 Å². The predicted octanol–water partition coefficient (Wildman–Crippen LogP) is 20.1. The summed E-state index contributed by atoms with van der Waals surface area (Å²) in [4.78, 5) is 29.6. The number of benzene rings is 8. The van der Waals surface area contributed by atoms with Crippen LogP contribution in [0.3, 0.4) is 0 Å². The fraction of sp³-hybridized carbons (Fsp3) is 0.375. The van der Waals surface area contributed by atoms with Gasteiger partial charge in [0.15, 0.2) is 0 Å². The number of alkyl halides is 6. The molecule has 0 bridgehead atoms. The Bertz CT molecular complexity index is 4100. The van der Waals surface area contributed by atoms with Gasteiger partial charge in [0.1, 0.15) is 17.1 Å². The highest BCUT2D eigenvalue weighted by Gasteiger charge is 2.49. The Morgan fingerprint density at radius 2 is 1.32 bits per heavy atom. The number of amides is 1. The van der Waals surface area contributed by atoms with Crippen molar-refractivity contribution in [2.24, 2.45) is 17.8 Å². The average molecular weight is 1280 g/mol. The fourth-order valence-corrected chi connectivity index (χ4v) is 15.5. The molecular formula is C80H82F6N2O6. The maximum absolute atomic E-state index is 15.5.